The maximum absolute atomic E-state index is 14.1. The van der Waals surface area contributed by atoms with Crippen molar-refractivity contribution in [1.29, 1.82) is 0 Å². The number of halogens is 1. The SMILES string of the molecule is COc1ccc(F)cc1CCn1c(=O)n(C(C)(C)C(=O)NC2CCCCC2)c(=O)c2c(C)c(-n3nccn3)sc21.SOC1CCOCC1. The van der Waals surface area contributed by atoms with E-state index >= 15 is 0 Å². The molecule has 1 aliphatic heterocycles. The molecule has 4 heterocycles. The fraction of sp³-hybridized carbons (Fsp3) is 0.545. The van der Waals surface area contributed by atoms with Crippen LogP contribution in [0.15, 0.2) is 40.2 Å². The summed E-state index contributed by atoms with van der Waals surface area (Å²) in [7, 11) is 1.50. The molecule has 1 saturated heterocycles. The van der Waals surface area contributed by atoms with Crippen LogP contribution in [0.4, 0.5) is 4.39 Å². The van der Waals surface area contributed by atoms with Gasteiger partial charge in [0.05, 0.1) is 31.0 Å². The van der Waals surface area contributed by atoms with Gasteiger partial charge in [0.2, 0.25) is 5.91 Å². The highest BCUT2D eigenvalue weighted by Crippen LogP contribution is 2.31. The molecule has 15 heteroatoms. The highest BCUT2D eigenvalue weighted by molar-refractivity contribution is 7.75. The van der Waals surface area contributed by atoms with Crippen molar-refractivity contribution in [2.45, 2.75) is 96.4 Å². The molecule has 2 fully saturated rings. The largest absolute Gasteiger partial charge is 0.496 e. The summed E-state index contributed by atoms with van der Waals surface area (Å²) in [5, 5.41) is 12.4. The summed E-state index contributed by atoms with van der Waals surface area (Å²) in [6, 6.07) is 4.24. The summed E-state index contributed by atoms with van der Waals surface area (Å²) in [6.07, 6.45) is 10.6. The van der Waals surface area contributed by atoms with Crippen LogP contribution in [-0.2, 0) is 32.2 Å². The zero-order valence-electron chi connectivity index (χ0n) is 27.7. The van der Waals surface area contributed by atoms with E-state index in [2.05, 4.69) is 28.4 Å². The van der Waals surface area contributed by atoms with Crippen LogP contribution in [0.5, 0.6) is 5.75 Å². The molecule has 2 aliphatic rings. The fourth-order valence-corrected chi connectivity index (χ4v) is 7.65. The van der Waals surface area contributed by atoms with Gasteiger partial charge in [0.25, 0.3) is 5.56 Å². The minimum atomic E-state index is -1.46. The van der Waals surface area contributed by atoms with E-state index in [9.17, 15) is 18.8 Å². The molecule has 48 heavy (non-hydrogen) atoms. The van der Waals surface area contributed by atoms with E-state index in [4.69, 9.17) is 13.7 Å². The average molecular weight is 703 g/mol. The van der Waals surface area contributed by atoms with E-state index < -0.39 is 22.6 Å². The lowest BCUT2D eigenvalue weighted by molar-refractivity contribution is -0.129. The molecule has 1 saturated carbocycles. The second kappa shape index (κ2) is 15.8. The Kier molecular flexibility index (Phi) is 11.8. The number of rotatable bonds is 9. The van der Waals surface area contributed by atoms with Gasteiger partial charge < -0.3 is 19.0 Å². The molecular weight excluding hydrogens is 660 g/mol. The Hall–Kier alpha value is -3.53. The third-order valence-electron chi connectivity index (χ3n) is 9.01. The van der Waals surface area contributed by atoms with E-state index in [0.29, 0.717) is 38.2 Å². The highest BCUT2D eigenvalue weighted by Gasteiger charge is 2.36. The number of nitrogens with one attached hydrogen (secondary N) is 1. The molecule has 3 aromatic heterocycles. The molecule has 260 valence electrons. The quantitative estimate of drug-likeness (QED) is 0.189. The number of carbonyl (C=O) groups is 1. The summed E-state index contributed by atoms with van der Waals surface area (Å²) >= 11 is 4.93. The maximum Gasteiger partial charge on any atom is 0.333 e. The van der Waals surface area contributed by atoms with Crippen LogP contribution in [0, 0.1) is 12.7 Å². The monoisotopic (exact) mass is 702 g/mol. The van der Waals surface area contributed by atoms with Crippen LogP contribution < -0.4 is 21.3 Å². The van der Waals surface area contributed by atoms with Gasteiger partial charge in [0.15, 0.2) is 0 Å². The number of hydrogen-bond donors (Lipinski definition) is 2. The summed E-state index contributed by atoms with van der Waals surface area (Å²) < 4.78 is 31.9. The molecule has 0 bridgehead atoms. The zero-order chi connectivity index (χ0) is 34.4. The van der Waals surface area contributed by atoms with Crippen LogP contribution >= 0.6 is 24.2 Å². The minimum absolute atomic E-state index is 0.0167. The minimum Gasteiger partial charge on any atom is -0.496 e. The second-order valence-corrected chi connectivity index (χ2v) is 13.8. The molecule has 0 radical (unpaired) electrons. The van der Waals surface area contributed by atoms with Crippen LogP contribution in [-0.4, -0.2) is 62.5 Å². The number of thiol groups is 1. The number of hydrogen-bond acceptors (Lipinski definition) is 10. The first-order valence-corrected chi connectivity index (χ1v) is 17.4. The molecule has 0 atom stereocenters. The number of thiophene rings is 1. The number of aromatic nitrogens is 5. The van der Waals surface area contributed by atoms with Gasteiger partial charge in [-0.2, -0.15) is 10.2 Å². The molecule has 6 rings (SSSR count). The van der Waals surface area contributed by atoms with Crippen molar-refractivity contribution in [3.05, 3.63) is 68.4 Å². The molecular formula is C33H43FN6O6S2. The van der Waals surface area contributed by atoms with Gasteiger partial charge in [-0.1, -0.05) is 30.6 Å². The lowest BCUT2D eigenvalue weighted by Crippen LogP contribution is -2.57. The third-order valence-corrected chi connectivity index (χ3v) is 10.6. The first-order valence-electron chi connectivity index (χ1n) is 16.2. The Bertz CT molecular complexity index is 1820. The number of benzene rings is 1. The first-order chi connectivity index (χ1) is 23.1. The van der Waals surface area contributed by atoms with Crippen molar-refractivity contribution in [1.82, 2.24) is 29.4 Å². The van der Waals surface area contributed by atoms with Crippen LogP contribution in [0.1, 0.15) is 69.9 Å². The number of methoxy groups -OCH3 is 1. The van der Waals surface area contributed by atoms with Gasteiger partial charge in [0.1, 0.15) is 26.9 Å². The topological polar surface area (TPSA) is 132 Å². The number of amides is 1. The smallest absolute Gasteiger partial charge is 0.333 e. The Balaban J connectivity index is 0.000000494. The van der Waals surface area contributed by atoms with E-state index in [1.54, 1.807) is 26.8 Å². The van der Waals surface area contributed by atoms with E-state index in [1.807, 2.05) is 0 Å². The highest BCUT2D eigenvalue weighted by atomic mass is 32.1. The number of carbonyl (C=O) groups excluding carboxylic acids is 1. The number of ether oxygens (including phenoxy) is 2. The number of nitrogens with zero attached hydrogens (tertiary/aromatic N) is 5. The molecule has 0 unspecified atom stereocenters. The molecule has 12 nitrogen and oxygen atoms in total. The number of fused-ring (bicyclic) bond motifs is 1. The number of aryl methyl sites for hydroxylation is 3. The third kappa shape index (κ3) is 7.69. The summed E-state index contributed by atoms with van der Waals surface area (Å²) in [5.41, 5.74) is -1.43. The van der Waals surface area contributed by atoms with Crippen LogP contribution in [0.2, 0.25) is 0 Å². The van der Waals surface area contributed by atoms with Gasteiger partial charge in [-0.15, -0.1) is 4.80 Å². The van der Waals surface area contributed by atoms with Crippen molar-refractivity contribution in [2.75, 3.05) is 20.3 Å². The van der Waals surface area contributed by atoms with Gasteiger partial charge in [-0.05, 0) is 89.5 Å². The van der Waals surface area contributed by atoms with Crippen molar-refractivity contribution in [2.24, 2.45) is 0 Å². The lowest BCUT2D eigenvalue weighted by atomic mass is 9.94. The molecule has 1 amide bonds. The van der Waals surface area contributed by atoms with Gasteiger partial charge in [0, 0.05) is 31.4 Å². The molecule has 1 aromatic carbocycles. The Morgan fingerprint density at radius 2 is 1.81 bits per heavy atom. The summed E-state index contributed by atoms with van der Waals surface area (Å²) in [5.74, 6) is -0.300. The Labute approximate surface area is 287 Å². The Morgan fingerprint density at radius 1 is 1.12 bits per heavy atom. The van der Waals surface area contributed by atoms with E-state index in [-0.39, 0.29) is 24.9 Å². The average Bonchev–Trinajstić information content (AvgIpc) is 3.74. The van der Waals surface area contributed by atoms with Crippen LogP contribution in [0.3, 0.4) is 0 Å². The normalized spacial score (nSPS) is 16.0. The maximum atomic E-state index is 14.1. The van der Waals surface area contributed by atoms with Gasteiger partial charge >= 0.3 is 5.69 Å². The molecule has 1 aliphatic carbocycles. The van der Waals surface area contributed by atoms with Crippen molar-refractivity contribution < 1.29 is 22.8 Å². The van der Waals surface area contributed by atoms with E-state index in [0.717, 1.165) is 62.7 Å². The summed E-state index contributed by atoms with van der Waals surface area (Å²) in [6.45, 7) is 6.75. The zero-order valence-corrected chi connectivity index (χ0v) is 29.4. The molecule has 0 spiro atoms. The predicted molar refractivity (Wildman–Crippen MR) is 185 cm³/mol. The van der Waals surface area contributed by atoms with Crippen molar-refractivity contribution in [3.8, 4) is 10.8 Å². The predicted octanol–water partition coefficient (Wildman–Crippen LogP) is 4.72. The van der Waals surface area contributed by atoms with Crippen molar-refractivity contribution >= 4 is 40.4 Å². The molecule has 1 N–H and O–H groups in total. The van der Waals surface area contributed by atoms with Gasteiger partial charge in [-0.3, -0.25) is 14.2 Å². The fourth-order valence-electron chi connectivity index (χ4n) is 6.20. The Morgan fingerprint density at radius 3 is 2.44 bits per heavy atom. The van der Waals surface area contributed by atoms with Crippen LogP contribution in [0.25, 0.3) is 15.2 Å². The lowest BCUT2D eigenvalue weighted by Gasteiger charge is -2.30. The van der Waals surface area contributed by atoms with Gasteiger partial charge in [-0.25, -0.2) is 13.8 Å². The molecule has 4 aromatic rings. The second-order valence-electron chi connectivity index (χ2n) is 12.6. The van der Waals surface area contributed by atoms with Crippen molar-refractivity contribution in [3.63, 3.8) is 0 Å². The van der Waals surface area contributed by atoms with E-state index in [1.165, 1.54) is 52.3 Å². The first kappa shape index (κ1) is 35.8. The standard InChI is InChI=1S/C28H33FN6O4S.C5H10O2S/c1-17-22-23(36)34(28(2,3)26(37)32-20-8-6-5-7-9-20)27(38)33(25(22)40-24(17)35-30-13-14-31-35)15-12-18-16-19(29)10-11-21(18)39-4;8-7-5-1-3-6-4-2-5/h10-11,13-14,16,20H,5-9,12,15H2,1-4H3,(H,32,37);5,8H,1-4H2. The summed E-state index contributed by atoms with van der Waals surface area (Å²) in [4.78, 5) is 43.5.